The number of hydrogen-bond donors (Lipinski definition) is 2. The van der Waals surface area contributed by atoms with Gasteiger partial charge in [0.05, 0.1) is 20.1 Å². The van der Waals surface area contributed by atoms with Crippen LogP contribution >= 0.6 is 0 Å². The third-order valence-corrected chi connectivity index (χ3v) is 9.92. The maximum atomic E-state index is 14.2. The fraction of sp³-hybridized carbons (Fsp3) is 0.447. The molecule has 1 atom stereocenters. The summed E-state index contributed by atoms with van der Waals surface area (Å²) in [5.74, 6) is 0.590. The zero-order chi connectivity index (χ0) is 34.0. The lowest BCUT2D eigenvalue weighted by Crippen LogP contribution is -2.42. The first-order chi connectivity index (χ1) is 23.2. The average molecular weight is 657 g/mol. The van der Waals surface area contributed by atoms with Crippen LogP contribution < -0.4 is 10.1 Å². The molecule has 48 heavy (non-hydrogen) atoms. The Bertz CT molecular complexity index is 1600. The molecule has 1 saturated carbocycles. The van der Waals surface area contributed by atoms with Gasteiger partial charge in [-0.05, 0) is 72.6 Å². The molecule has 1 unspecified atom stereocenters. The fourth-order valence-corrected chi connectivity index (χ4v) is 6.95. The molecule has 1 heterocycles. The van der Waals surface area contributed by atoms with Gasteiger partial charge in [0.1, 0.15) is 18.1 Å². The van der Waals surface area contributed by atoms with E-state index in [2.05, 4.69) is 28.3 Å². The number of ether oxygens (including phenoxy) is 1. The SMILES string of the molecule is CCC1CCC(C2CC=C(c3cnc(-c4ccc(CN(CC(=O)O)C(=O)CNC(=O)Cc5ccc(OC)cc5F)cc4)nc3)CC2)CC1. The molecule has 2 aliphatic rings. The molecule has 0 saturated heterocycles. The summed E-state index contributed by atoms with van der Waals surface area (Å²) >= 11 is 0. The molecule has 0 bridgehead atoms. The smallest absolute Gasteiger partial charge is 0.323 e. The summed E-state index contributed by atoms with van der Waals surface area (Å²) in [5.41, 5.74) is 4.05. The second-order valence-corrected chi connectivity index (χ2v) is 13.0. The maximum absolute atomic E-state index is 14.2. The first kappa shape index (κ1) is 34.7. The van der Waals surface area contributed by atoms with E-state index in [4.69, 9.17) is 4.74 Å². The number of aromatic nitrogens is 2. The Morgan fingerprint density at radius 1 is 0.979 bits per heavy atom. The third kappa shape index (κ3) is 9.27. The van der Waals surface area contributed by atoms with Crippen molar-refractivity contribution in [3.05, 3.63) is 83.4 Å². The largest absolute Gasteiger partial charge is 0.497 e. The highest BCUT2D eigenvalue weighted by Crippen LogP contribution is 2.41. The predicted octanol–water partition coefficient (Wildman–Crippen LogP) is 6.46. The molecule has 10 heteroatoms. The Balaban J connectivity index is 1.13. The number of carbonyl (C=O) groups is 3. The quantitative estimate of drug-likeness (QED) is 0.217. The van der Waals surface area contributed by atoms with E-state index in [0.717, 1.165) is 46.6 Å². The zero-order valence-electron chi connectivity index (χ0n) is 27.8. The number of nitrogens with one attached hydrogen (secondary N) is 1. The number of methoxy groups -OCH3 is 1. The van der Waals surface area contributed by atoms with E-state index in [-0.39, 0.29) is 18.5 Å². The lowest BCUT2D eigenvalue weighted by molar-refractivity contribution is -0.144. The van der Waals surface area contributed by atoms with Crippen molar-refractivity contribution >= 4 is 23.4 Å². The summed E-state index contributed by atoms with van der Waals surface area (Å²) < 4.78 is 19.2. The van der Waals surface area contributed by atoms with E-state index in [1.54, 1.807) is 18.2 Å². The highest BCUT2D eigenvalue weighted by atomic mass is 19.1. The molecule has 3 aromatic rings. The Kier molecular flexibility index (Phi) is 11.9. The summed E-state index contributed by atoms with van der Waals surface area (Å²) in [5, 5.41) is 11.9. The van der Waals surface area contributed by atoms with Crippen LogP contribution in [0.15, 0.2) is 60.9 Å². The van der Waals surface area contributed by atoms with Gasteiger partial charge in [-0.2, -0.15) is 0 Å². The molecule has 1 aromatic heterocycles. The van der Waals surface area contributed by atoms with E-state index in [9.17, 15) is 23.9 Å². The minimum Gasteiger partial charge on any atom is -0.497 e. The number of carboxylic acid groups (broad SMARTS) is 1. The zero-order valence-corrected chi connectivity index (χ0v) is 27.8. The highest BCUT2D eigenvalue weighted by molar-refractivity contribution is 5.87. The van der Waals surface area contributed by atoms with E-state index in [1.807, 2.05) is 24.5 Å². The topological polar surface area (TPSA) is 122 Å². The highest BCUT2D eigenvalue weighted by Gasteiger charge is 2.28. The van der Waals surface area contributed by atoms with Crippen molar-refractivity contribution in [2.24, 2.45) is 17.8 Å². The van der Waals surface area contributed by atoms with Crippen molar-refractivity contribution in [3.8, 4) is 17.1 Å². The molecule has 9 nitrogen and oxygen atoms in total. The standard InChI is InChI=1S/C38H45FN4O5/c1-3-25-4-8-27(9-5-25)28-12-14-29(15-13-28)32-20-41-38(42-21-32)30-10-6-26(7-11-30)23-43(24-37(46)47)36(45)22-40-35(44)18-31-16-17-33(48-2)19-34(31)39/h6-7,10-11,14,16-17,19-21,25,27-28H,3-5,8-9,12-13,15,18,22-24H2,1-2H3,(H,40,44)(H,46,47). The van der Waals surface area contributed by atoms with Crippen molar-refractivity contribution in [1.82, 2.24) is 20.2 Å². The van der Waals surface area contributed by atoms with Gasteiger partial charge in [0.15, 0.2) is 5.82 Å². The van der Waals surface area contributed by atoms with Crippen molar-refractivity contribution < 1.29 is 28.6 Å². The number of carbonyl (C=O) groups excluding carboxylic acids is 2. The van der Waals surface area contributed by atoms with Gasteiger partial charge >= 0.3 is 5.97 Å². The number of hydrogen-bond acceptors (Lipinski definition) is 6. The first-order valence-corrected chi connectivity index (χ1v) is 16.9. The van der Waals surface area contributed by atoms with E-state index in [0.29, 0.717) is 17.1 Å². The summed E-state index contributed by atoms with van der Waals surface area (Å²) in [6, 6.07) is 11.5. The van der Waals surface area contributed by atoms with E-state index >= 15 is 0 Å². The number of amides is 2. The van der Waals surface area contributed by atoms with Gasteiger partial charge < -0.3 is 20.1 Å². The van der Waals surface area contributed by atoms with Crippen LogP contribution in [-0.4, -0.2) is 58.0 Å². The van der Waals surface area contributed by atoms with Crippen LogP contribution in [0, 0.1) is 23.6 Å². The van der Waals surface area contributed by atoms with Crippen LogP contribution in [0.1, 0.15) is 75.0 Å². The normalized spacial score (nSPS) is 19.2. The summed E-state index contributed by atoms with van der Waals surface area (Å²) in [7, 11) is 1.41. The van der Waals surface area contributed by atoms with Crippen molar-refractivity contribution in [2.45, 2.75) is 71.3 Å². The van der Waals surface area contributed by atoms with Crippen LogP contribution in [0.2, 0.25) is 0 Å². The van der Waals surface area contributed by atoms with Gasteiger partial charge in [-0.15, -0.1) is 0 Å². The molecule has 5 rings (SSSR count). The Hall–Kier alpha value is -4.60. The fourth-order valence-electron chi connectivity index (χ4n) is 6.95. The average Bonchev–Trinajstić information content (AvgIpc) is 3.11. The van der Waals surface area contributed by atoms with Crippen molar-refractivity contribution in [2.75, 3.05) is 20.2 Å². The molecular formula is C38H45FN4O5. The van der Waals surface area contributed by atoms with Crippen molar-refractivity contribution in [3.63, 3.8) is 0 Å². The molecule has 2 amide bonds. The molecule has 1 fully saturated rings. The Morgan fingerprint density at radius 3 is 2.31 bits per heavy atom. The second-order valence-electron chi connectivity index (χ2n) is 13.0. The lowest BCUT2D eigenvalue weighted by Gasteiger charge is -2.35. The molecule has 2 aliphatic carbocycles. The van der Waals surface area contributed by atoms with Crippen LogP contribution in [0.4, 0.5) is 4.39 Å². The van der Waals surface area contributed by atoms with Gasteiger partial charge in [0.2, 0.25) is 11.8 Å². The summed E-state index contributed by atoms with van der Waals surface area (Å²) in [6.07, 6.45) is 16.2. The maximum Gasteiger partial charge on any atom is 0.323 e. The van der Waals surface area contributed by atoms with Crippen LogP contribution in [0.5, 0.6) is 5.75 Å². The number of halogens is 1. The van der Waals surface area contributed by atoms with E-state index in [1.165, 1.54) is 63.3 Å². The Morgan fingerprint density at radius 2 is 1.71 bits per heavy atom. The molecule has 0 radical (unpaired) electrons. The minimum atomic E-state index is -1.18. The molecule has 2 N–H and O–H groups in total. The molecule has 0 spiro atoms. The van der Waals surface area contributed by atoms with E-state index < -0.39 is 36.7 Å². The number of rotatable bonds is 13. The van der Waals surface area contributed by atoms with Gasteiger partial charge in [-0.1, -0.05) is 62.6 Å². The summed E-state index contributed by atoms with van der Waals surface area (Å²) in [6.45, 7) is 1.39. The van der Waals surface area contributed by atoms with Crippen molar-refractivity contribution in [1.29, 1.82) is 0 Å². The van der Waals surface area contributed by atoms with Crippen LogP contribution in [0.3, 0.4) is 0 Å². The number of carboxylic acids is 1. The first-order valence-electron chi connectivity index (χ1n) is 16.9. The number of benzene rings is 2. The van der Waals surface area contributed by atoms with Gasteiger partial charge in [-0.25, -0.2) is 14.4 Å². The van der Waals surface area contributed by atoms with Gasteiger partial charge in [0, 0.05) is 36.1 Å². The molecule has 0 aliphatic heterocycles. The number of aliphatic carboxylic acids is 1. The molecular weight excluding hydrogens is 611 g/mol. The number of nitrogens with zero attached hydrogens (tertiary/aromatic N) is 3. The lowest BCUT2D eigenvalue weighted by atomic mass is 9.71. The second kappa shape index (κ2) is 16.5. The number of allylic oxidation sites excluding steroid dienone is 2. The van der Waals surface area contributed by atoms with Crippen LogP contribution in [-0.2, 0) is 27.3 Å². The third-order valence-electron chi connectivity index (χ3n) is 9.92. The molecule has 2 aromatic carbocycles. The van der Waals surface area contributed by atoms with Gasteiger partial charge in [-0.3, -0.25) is 14.4 Å². The predicted molar refractivity (Wildman–Crippen MR) is 181 cm³/mol. The van der Waals surface area contributed by atoms with Gasteiger partial charge in [0.25, 0.3) is 0 Å². The van der Waals surface area contributed by atoms with Crippen LogP contribution in [0.25, 0.3) is 17.0 Å². The Labute approximate surface area is 281 Å². The summed E-state index contributed by atoms with van der Waals surface area (Å²) in [4.78, 5) is 47.2. The minimum absolute atomic E-state index is 0.0311. The molecule has 254 valence electrons. The monoisotopic (exact) mass is 656 g/mol.